The van der Waals surface area contributed by atoms with Crippen LogP contribution >= 0.6 is 0 Å². The summed E-state index contributed by atoms with van der Waals surface area (Å²) in [7, 11) is 5.23. The second kappa shape index (κ2) is 10.7. The number of hydrogen-bond donors (Lipinski definition) is 1. The summed E-state index contributed by atoms with van der Waals surface area (Å²) in [6.07, 6.45) is 0.106. The van der Waals surface area contributed by atoms with Crippen molar-refractivity contribution in [3.05, 3.63) is 53.7 Å². The summed E-state index contributed by atoms with van der Waals surface area (Å²) in [5, 5.41) is 3.24. The molecule has 1 aliphatic carbocycles. The average Bonchev–Trinajstić information content (AvgIpc) is 3.67. The van der Waals surface area contributed by atoms with Crippen LogP contribution in [0.25, 0.3) is 22.8 Å². The van der Waals surface area contributed by atoms with Crippen molar-refractivity contribution in [3.8, 4) is 28.7 Å². The molecule has 0 atom stereocenters. The van der Waals surface area contributed by atoms with Crippen molar-refractivity contribution in [3.63, 3.8) is 0 Å². The molecule has 13 heteroatoms. The molecule has 40 heavy (non-hydrogen) atoms. The monoisotopic (exact) mass is 553 g/mol. The van der Waals surface area contributed by atoms with Gasteiger partial charge >= 0.3 is 6.18 Å². The molecule has 0 radical (unpaired) electrons. The number of ether oxygens (including phenoxy) is 1. The minimum atomic E-state index is -4.51. The SMILES string of the molecule is COc1ncnc(C2CC2)c1-c1nc(NCc2ccc(-c3nc(C(F)(F)F)cn3C(C)C)cc2)nc(N(C)C)n1. The Balaban J connectivity index is 1.41. The minimum absolute atomic E-state index is 0.182. The van der Waals surface area contributed by atoms with Gasteiger partial charge in [-0.1, -0.05) is 24.3 Å². The lowest BCUT2D eigenvalue weighted by atomic mass is 10.1. The molecule has 0 aliphatic heterocycles. The number of aromatic nitrogens is 7. The van der Waals surface area contributed by atoms with Crippen molar-refractivity contribution in [2.75, 3.05) is 31.4 Å². The summed E-state index contributed by atoms with van der Waals surface area (Å²) < 4.78 is 46.9. The molecule has 210 valence electrons. The van der Waals surface area contributed by atoms with Crippen LogP contribution in [0.3, 0.4) is 0 Å². The lowest BCUT2D eigenvalue weighted by molar-refractivity contribution is -0.140. The fraction of sp³-hybridized carbons (Fsp3) is 0.407. The van der Waals surface area contributed by atoms with Crippen LogP contribution in [0.4, 0.5) is 25.1 Å². The lowest BCUT2D eigenvalue weighted by Gasteiger charge is -2.16. The third-order valence-electron chi connectivity index (χ3n) is 6.49. The van der Waals surface area contributed by atoms with Gasteiger partial charge in [0.1, 0.15) is 17.7 Å². The van der Waals surface area contributed by atoms with Crippen LogP contribution in [0.5, 0.6) is 5.88 Å². The van der Waals surface area contributed by atoms with Crippen LogP contribution in [-0.4, -0.2) is 55.7 Å². The predicted octanol–water partition coefficient (Wildman–Crippen LogP) is 5.36. The molecule has 1 N–H and O–H groups in total. The van der Waals surface area contributed by atoms with Crippen LogP contribution in [0.15, 0.2) is 36.8 Å². The molecule has 0 spiro atoms. The number of nitrogens with zero attached hydrogens (tertiary/aromatic N) is 8. The Morgan fingerprint density at radius 2 is 1.77 bits per heavy atom. The Labute approximate surface area is 229 Å². The van der Waals surface area contributed by atoms with E-state index in [4.69, 9.17) is 4.74 Å². The van der Waals surface area contributed by atoms with E-state index in [1.807, 2.05) is 40.1 Å². The average molecular weight is 554 g/mol. The van der Waals surface area contributed by atoms with Crippen LogP contribution in [0, 0.1) is 0 Å². The zero-order valence-electron chi connectivity index (χ0n) is 22.9. The maximum absolute atomic E-state index is 13.3. The predicted molar refractivity (Wildman–Crippen MR) is 144 cm³/mol. The Morgan fingerprint density at radius 1 is 1.05 bits per heavy atom. The maximum Gasteiger partial charge on any atom is 0.434 e. The van der Waals surface area contributed by atoms with Gasteiger partial charge < -0.3 is 19.5 Å². The summed E-state index contributed by atoms with van der Waals surface area (Å²) in [4.78, 5) is 28.2. The van der Waals surface area contributed by atoms with Gasteiger partial charge in [-0.25, -0.2) is 15.0 Å². The van der Waals surface area contributed by atoms with Crippen LogP contribution in [0.2, 0.25) is 0 Å². The number of imidazole rings is 1. The molecule has 0 unspecified atom stereocenters. The van der Waals surface area contributed by atoms with E-state index in [1.165, 1.54) is 10.9 Å². The van der Waals surface area contributed by atoms with E-state index in [0.717, 1.165) is 30.3 Å². The second-order valence-electron chi connectivity index (χ2n) is 10.1. The molecule has 1 saturated carbocycles. The number of nitrogens with one attached hydrogen (secondary N) is 1. The first-order valence-corrected chi connectivity index (χ1v) is 12.9. The minimum Gasteiger partial charge on any atom is -0.480 e. The number of benzene rings is 1. The van der Waals surface area contributed by atoms with Gasteiger partial charge in [-0.05, 0) is 32.3 Å². The highest BCUT2D eigenvalue weighted by molar-refractivity contribution is 5.67. The fourth-order valence-corrected chi connectivity index (χ4v) is 4.26. The Hall–Kier alpha value is -4.29. The standard InChI is InChI=1S/C27H30F3N9O/c1-15(2)39-13-19(27(28,29)30)34-23(39)18-8-6-16(7-9-18)12-31-25-35-22(36-26(37-25)38(3)4)20-21(17-10-11-17)32-14-33-24(20)40-5/h6-9,13-15,17H,10-12H2,1-5H3,(H,31,35,36,37). The van der Waals surface area contributed by atoms with E-state index in [9.17, 15) is 13.2 Å². The highest BCUT2D eigenvalue weighted by Crippen LogP contribution is 2.45. The van der Waals surface area contributed by atoms with E-state index < -0.39 is 11.9 Å². The maximum atomic E-state index is 13.3. The summed E-state index contributed by atoms with van der Waals surface area (Å²) in [5.74, 6) is 2.22. The molecular weight excluding hydrogens is 523 g/mol. The van der Waals surface area contributed by atoms with Crippen molar-refractivity contribution in [2.45, 2.75) is 51.4 Å². The van der Waals surface area contributed by atoms with Gasteiger partial charge in [0.25, 0.3) is 0 Å². The van der Waals surface area contributed by atoms with Crippen molar-refractivity contribution in [2.24, 2.45) is 0 Å². The van der Waals surface area contributed by atoms with E-state index in [2.05, 4.69) is 35.2 Å². The highest BCUT2D eigenvalue weighted by Gasteiger charge is 2.35. The topological polar surface area (TPSA) is 107 Å². The first-order valence-electron chi connectivity index (χ1n) is 12.9. The third-order valence-corrected chi connectivity index (χ3v) is 6.49. The van der Waals surface area contributed by atoms with E-state index in [1.54, 1.807) is 24.1 Å². The molecule has 3 aromatic heterocycles. The molecule has 5 rings (SSSR count). The number of hydrogen-bond acceptors (Lipinski definition) is 9. The number of rotatable bonds is 9. The quantitative estimate of drug-likeness (QED) is 0.293. The molecule has 1 aliphatic rings. The molecule has 10 nitrogen and oxygen atoms in total. The van der Waals surface area contributed by atoms with Gasteiger partial charge in [-0.2, -0.15) is 28.1 Å². The first kappa shape index (κ1) is 27.3. The molecule has 4 aromatic rings. The van der Waals surface area contributed by atoms with Gasteiger partial charge in [0.2, 0.25) is 17.8 Å². The Kier molecular flexibility index (Phi) is 7.30. The van der Waals surface area contributed by atoms with Crippen molar-refractivity contribution < 1.29 is 17.9 Å². The Morgan fingerprint density at radius 3 is 2.38 bits per heavy atom. The van der Waals surface area contributed by atoms with Gasteiger partial charge in [-0.15, -0.1) is 0 Å². The zero-order chi connectivity index (χ0) is 28.6. The van der Waals surface area contributed by atoms with Gasteiger partial charge in [0.15, 0.2) is 11.5 Å². The van der Waals surface area contributed by atoms with Crippen molar-refractivity contribution in [1.29, 1.82) is 0 Å². The van der Waals surface area contributed by atoms with Gasteiger partial charge in [0, 0.05) is 44.4 Å². The van der Waals surface area contributed by atoms with E-state index in [0.29, 0.717) is 47.2 Å². The van der Waals surface area contributed by atoms with Crippen molar-refractivity contribution >= 4 is 11.9 Å². The van der Waals surface area contributed by atoms with Crippen LogP contribution in [0.1, 0.15) is 55.6 Å². The molecular formula is C27H30F3N9O. The highest BCUT2D eigenvalue weighted by atomic mass is 19.4. The van der Waals surface area contributed by atoms with Gasteiger partial charge in [-0.3, -0.25) is 0 Å². The summed E-state index contributed by atoms with van der Waals surface area (Å²) in [6, 6.07) is 7.01. The zero-order valence-corrected chi connectivity index (χ0v) is 22.9. The number of methoxy groups -OCH3 is 1. The first-order chi connectivity index (χ1) is 19.0. The normalized spacial score (nSPS) is 13.5. The largest absolute Gasteiger partial charge is 0.480 e. The number of halogens is 3. The van der Waals surface area contributed by atoms with Crippen molar-refractivity contribution in [1.82, 2.24) is 34.5 Å². The number of anilines is 2. The second-order valence-corrected chi connectivity index (χ2v) is 10.1. The molecule has 0 saturated heterocycles. The lowest BCUT2D eigenvalue weighted by Crippen LogP contribution is -2.16. The van der Waals surface area contributed by atoms with Gasteiger partial charge in [0.05, 0.1) is 12.8 Å². The molecule has 1 fully saturated rings. The smallest absolute Gasteiger partial charge is 0.434 e. The van der Waals surface area contributed by atoms with Crippen LogP contribution < -0.4 is 15.0 Å². The van der Waals surface area contributed by atoms with E-state index >= 15 is 0 Å². The van der Waals surface area contributed by atoms with Crippen LogP contribution in [-0.2, 0) is 12.7 Å². The summed E-state index contributed by atoms with van der Waals surface area (Å²) in [6.45, 7) is 4.01. The third kappa shape index (κ3) is 5.68. The number of alkyl halides is 3. The molecule has 1 aromatic carbocycles. The molecule has 3 heterocycles. The summed E-state index contributed by atoms with van der Waals surface area (Å²) in [5.41, 5.74) is 2.08. The van der Waals surface area contributed by atoms with E-state index in [-0.39, 0.29) is 11.9 Å². The Bertz CT molecular complexity index is 1500. The molecule has 0 amide bonds. The summed E-state index contributed by atoms with van der Waals surface area (Å²) >= 11 is 0. The fourth-order valence-electron chi connectivity index (χ4n) is 4.26. The molecule has 0 bridgehead atoms.